The van der Waals surface area contributed by atoms with Crippen LogP contribution < -0.4 is 5.19 Å². The van der Waals surface area contributed by atoms with Crippen molar-refractivity contribution in [3.63, 3.8) is 0 Å². The Hall–Kier alpha value is -0.169. The molecule has 1 aliphatic heterocycles. The normalized spacial score (nSPS) is 31.1. The molecule has 1 heterocycles. The average Bonchev–Trinajstić information content (AvgIpc) is 2.27. The van der Waals surface area contributed by atoms with Gasteiger partial charge in [-0.1, -0.05) is 56.5 Å². The summed E-state index contributed by atoms with van der Waals surface area (Å²) in [6.45, 7) is 13.9. The second kappa shape index (κ2) is 4.19. The molecule has 0 bridgehead atoms. The molecule has 0 N–H and O–H groups in total. The molecule has 0 aromatic heterocycles. The Labute approximate surface area is 108 Å². The van der Waals surface area contributed by atoms with Crippen molar-refractivity contribution < 1.29 is 4.43 Å². The number of hydrogen-bond acceptors (Lipinski definition) is 1. The second-order valence-electron chi connectivity index (χ2n) is 6.51. The van der Waals surface area contributed by atoms with E-state index >= 15 is 0 Å². The largest absolute Gasteiger partial charge is 0.416 e. The third-order valence-corrected chi connectivity index (χ3v) is 44.5. The van der Waals surface area contributed by atoms with Crippen LogP contribution in [0.15, 0.2) is 30.3 Å². The van der Waals surface area contributed by atoms with Crippen LogP contribution in [0.1, 0.15) is 0 Å². The second-order valence-corrected chi connectivity index (χ2v) is 32.9. The number of rotatable bonds is 1. The summed E-state index contributed by atoms with van der Waals surface area (Å²) in [5.74, 6) is 0. The molecule has 94 valence electrons. The smallest absolute Gasteiger partial charge is 0.204 e. The van der Waals surface area contributed by atoms with Gasteiger partial charge in [0.1, 0.15) is 0 Å². The highest BCUT2D eigenvalue weighted by Crippen LogP contribution is 2.36. The van der Waals surface area contributed by atoms with Crippen LogP contribution in [0.3, 0.4) is 0 Å². The molecule has 0 amide bonds. The highest BCUT2D eigenvalue weighted by molar-refractivity contribution is 7.70. The van der Waals surface area contributed by atoms with Crippen molar-refractivity contribution >= 4 is 27.7 Å². The molecule has 0 spiro atoms. The molecule has 1 saturated heterocycles. The molecule has 2 rings (SSSR count). The topological polar surface area (TPSA) is 9.23 Å². The van der Waals surface area contributed by atoms with Gasteiger partial charge in [-0.15, -0.1) is 0 Å². The summed E-state index contributed by atoms with van der Waals surface area (Å²) in [7, 11) is -3.99. The molecule has 1 atom stereocenters. The predicted octanol–water partition coefficient (Wildman–Crippen LogP) is 3.07. The molecular formula is C13H24OSi3. The van der Waals surface area contributed by atoms with Gasteiger partial charge in [0, 0.05) is 14.2 Å². The maximum atomic E-state index is 6.44. The molecular weight excluding hydrogens is 256 g/mol. The van der Waals surface area contributed by atoms with Crippen LogP contribution in [0.5, 0.6) is 0 Å². The Kier molecular flexibility index (Phi) is 3.27. The van der Waals surface area contributed by atoms with Gasteiger partial charge < -0.3 is 4.43 Å². The Morgan fingerprint density at radius 1 is 0.941 bits per heavy atom. The fourth-order valence-corrected chi connectivity index (χ4v) is 33.0. The van der Waals surface area contributed by atoms with E-state index in [1.807, 2.05) is 0 Å². The predicted molar refractivity (Wildman–Crippen MR) is 83.4 cm³/mol. The summed E-state index contributed by atoms with van der Waals surface area (Å²) < 4.78 is 6.44. The number of benzene rings is 1. The first-order valence-electron chi connectivity index (χ1n) is 6.51. The monoisotopic (exact) mass is 280 g/mol. The van der Waals surface area contributed by atoms with Crippen LogP contribution in [0.25, 0.3) is 0 Å². The van der Waals surface area contributed by atoms with E-state index < -0.39 is 22.5 Å². The first-order valence-corrected chi connectivity index (χ1v) is 17.1. The Morgan fingerprint density at radius 2 is 1.53 bits per heavy atom. The summed E-state index contributed by atoms with van der Waals surface area (Å²) in [4.78, 5) is 0. The van der Waals surface area contributed by atoms with Crippen LogP contribution in [0.2, 0.25) is 38.8 Å². The summed E-state index contributed by atoms with van der Waals surface area (Å²) in [6, 6.07) is 12.4. The van der Waals surface area contributed by atoms with E-state index in [4.69, 9.17) is 4.43 Å². The van der Waals surface area contributed by atoms with E-state index in [9.17, 15) is 0 Å². The van der Waals surface area contributed by atoms with Gasteiger partial charge in [0.05, 0.1) is 7.11 Å². The molecule has 1 nitrogen and oxygen atoms in total. The van der Waals surface area contributed by atoms with Gasteiger partial charge >= 0.3 is 0 Å². The number of hydrogen-bond donors (Lipinski definition) is 0. The van der Waals surface area contributed by atoms with Gasteiger partial charge in [-0.05, 0) is 17.8 Å². The van der Waals surface area contributed by atoms with E-state index in [-0.39, 0.29) is 0 Å². The SMILES string of the molecule is C[Si]1(C)CCO[Si](C)(c2ccccc2)[Si]1(C)C. The first-order chi connectivity index (χ1) is 7.81. The van der Waals surface area contributed by atoms with E-state index in [1.165, 1.54) is 11.2 Å². The fourth-order valence-electron chi connectivity index (χ4n) is 2.85. The van der Waals surface area contributed by atoms with Crippen LogP contribution in [-0.4, -0.2) is 29.1 Å². The van der Waals surface area contributed by atoms with Crippen LogP contribution in [0.4, 0.5) is 0 Å². The van der Waals surface area contributed by atoms with E-state index in [2.05, 4.69) is 63.1 Å². The van der Waals surface area contributed by atoms with E-state index in [0.29, 0.717) is 0 Å². The van der Waals surface area contributed by atoms with Gasteiger partial charge in [0.15, 0.2) is 0 Å². The molecule has 0 radical (unpaired) electrons. The minimum atomic E-state index is -1.68. The molecule has 0 saturated carbocycles. The zero-order valence-corrected chi connectivity index (χ0v) is 14.7. The third kappa shape index (κ3) is 1.91. The zero-order valence-electron chi connectivity index (χ0n) is 11.7. The average molecular weight is 281 g/mol. The third-order valence-electron chi connectivity index (χ3n) is 5.33. The summed E-state index contributed by atoms with van der Waals surface area (Å²) in [5.41, 5.74) is 0. The molecule has 1 unspecified atom stereocenters. The lowest BCUT2D eigenvalue weighted by atomic mass is 10.4. The highest BCUT2D eigenvalue weighted by atomic mass is 29.6. The van der Waals surface area contributed by atoms with Crippen LogP contribution >= 0.6 is 0 Å². The minimum absolute atomic E-state index is 1.01. The molecule has 1 fully saturated rings. The zero-order chi connectivity index (χ0) is 12.7. The van der Waals surface area contributed by atoms with Crippen LogP contribution in [-0.2, 0) is 4.43 Å². The fraction of sp³-hybridized carbons (Fsp3) is 0.538. The van der Waals surface area contributed by atoms with Gasteiger partial charge in [-0.3, -0.25) is 0 Å². The lowest BCUT2D eigenvalue weighted by Crippen LogP contribution is -2.80. The molecule has 17 heavy (non-hydrogen) atoms. The molecule has 1 aliphatic rings. The maximum Gasteiger partial charge on any atom is 0.204 e. The van der Waals surface area contributed by atoms with Gasteiger partial charge in [0.2, 0.25) is 7.83 Å². The molecule has 1 aromatic rings. The van der Waals surface area contributed by atoms with Crippen molar-refractivity contribution in [1.29, 1.82) is 0 Å². The lowest BCUT2D eigenvalue weighted by Gasteiger charge is -2.53. The van der Waals surface area contributed by atoms with E-state index in [1.54, 1.807) is 0 Å². The van der Waals surface area contributed by atoms with Gasteiger partial charge in [-0.2, -0.15) is 0 Å². The summed E-state index contributed by atoms with van der Waals surface area (Å²) in [5, 5.41) is 1.52. The molecule has 4 heteroatoms. The Balaban J connectivity index is 2.50. The Morgan fingerprint density at radius 3 is 2.12 bits per heavy atom. The lowest BCUT2D eigenvalue weighted by molar-refractivity contribution is 0.340. The van der Waals surface area contributed by atoms with Gasteiger partial charge in [0.25, 0.3) is 0 Å². The van der Waals surface area contributed by atoms with Crippen molar-refractivity contribution in [2.24, 2.45) is 0 Å². The van der Waals surface area contributed by atoms with E-state index in [0.717, 1.165) is 6.61 Å². The quantitative estimate of drug-likeness (QED) is 0.719. The summed E-state index contributed by atoms with van der Waals surface area (Å²) >= 11 is 0. The highest BCUT2D eigenvalue weighted by Gasteiger charge is 2.59. The van der Waals surface area contributed by atoms with Crippen molar-refractivity contribution in [1.82, 2.24) is 0 Å². The van der Waals surface area contributed by atoms with Crippen molar-refractivity contribution in [2.45, 2.75) is 38.8 Å². The molecule has 0 aliphatic carbocycles. The summed E-state index contributed by atoms with van der Waals surface area (Å²) in [6.07, 6.45) is 0. The molecule has 1 aromatic carbocycles. The van der Waals surface area contributed by atoms with Crippen molar-refractivity contribution in [3.8, 4) is 0 Å². The Bertz CT molecular complexity index is 402. The van der Waals surface area contributed by atoms with Crippen molar-refractivity contribution in [3.05, 3.63) is 30.3 Å². The van der Waals surface area contributed by atoms with Crippen LogP contribution in [0, 0.1) is 0 Å². The van der Waals surface area contributed by atoms with Gasteiger partial charge in [-0.25, -0.2) is 0 Å². The standard InChI is InChI=1S/C13H24OSi3/c1-15(2)12-11-14-17(5,16(15,3)4)13-9-7-6-8-10-13/h6-10H,11-12H2,1-5H3. The first kappa shape index (κ1) is 13.3. The minimum Gasteiger partial charge on any atom is -0.416 e. The van der Waals surface area contributed by atoms with Crippen molar-refractivity contribution in [2.75, 3.05) is 6.61 Å². The maximum absolute atomic E-state index is 6.44.